The Morgan fingerprint density at radius 2 is 1.58 bits per heavy atom. The minimum Gasteiger partial charge on any atom is -0.465 e. The topological polar surface area (TPSA) is 55.8 Å². The zero-order valence-electron chi connectivity index (χ0n) is 12.3. The molecule has 19 heavy (non-hydrogen) atoms. The van der Waals surface area contributed by atoms with Gasteiger partial charge in [0.05, 0.1) is 13.2 Å². The van der Waals surface area contributed by atoms with Crippen LogP contribution in [0.25, 0.3) is 0 Å². The molecule has 5 nitrogen and oxygen atoms in total. The van der Waals surface area contributed by atoms with Crippen molar-refractivity contribution in [1.82, 2.24) is 4.90 Å². The van der Waals surface area contributed by atoms with Crippen LogP contribution in [0.2, 0.25) is 0 Å². The van der Waals surface area contributed by atoms with Crippen LogP contribution < -0.4 is 0 Å². The van der Waals surface area contributed by atoms with Gasteiger partial charge in [-0.15, -0.1) is 0 Å². The molecule has 0 unspecified atom stereocenters. The van der Waals surface area contributed by atoms with Gasteiger partial charge in [0.15, 0.2) is 5.92 Å². The van der Waals surface area contributed by atoms with E-state index >= 15 is 0 Å². The van der Waals surface area contributed by atoms with E-state index < -0.39 is 17.9 Å². The van der Waals surface area contributed by atoms with Crippen molar-refractivity contribution in [2.75, 3.05) is 33.9 Å². The molecule has 0 N–H and O–H groups in total. The lowest BCUT2D eigenvalue weighted by Gasteiger charge is -2.12. The Morgan fingerprint density at radius 3 is 2.00 bits per heavy atom. The molecule has 0 heterocycles. The molecule has 0 aliphatic heterocycles. The first-order chi connectivity index (χ1) is 9.02. The third-order valence-electron chi connectivity index (χ3n) is 2.42. The van der Waals surface area contributed by atoms with E-state index in [0.29, 0.717) is 6.42 Å². The van der Waals surface area contributed by atoms with E-state index in [-0.39, 0.29) is 13.2 Å². The molecule has 5 heteroatoms. The fourth-order valence-electron chi connectivity index (χ4n) is 1.46. The quantitative estimate of drug-likeness (QED) is 0.362. The summed E-state index contributed by atoms with van der Waals surface area (Å²) in [5.74, 6) is -1.88. The first-order valence-electron chi connectivity index (χ1n) is 6.65. The molecule has 0 aromatic rings. The van der Waals surface area contributed by atoms with Crippen LogP contribution in [0.1, 0.15) is 26.7 Å². The Labute approximate surface area is 115 Å². The largest absolute Gasteiger partial charge is 0.465 e. The Hall–Kier alpha value is -1.36. The minimum atomic E-state index is -0.851. The van der Waals surface area contributed by atoms with Crippen molar-refractivity contribution in [3.05, 3.63) is 12.2 Å². The van der Waals surface area contributed by atoms with Crippen LogP contribution in [0.15, 0.2) is 12.2 Å². The lowest BCUT2D eigenvalue weighted by Crippen LogP contribution is -2.27. The average molecular weight is 271 g/mol. The van der Waals surface area contributed by atoms with Gasteiger partial charge in [-0.1, -0.05) is 12.2 Å². The predicted octanol–water partition coefficient (Wildman–Crippen LogP) is 1.63. The predicted molar refractivity (Wildman–Crippen MR) is 73.7 cm³/mol. The van der Waals surface area contributed by atoms with Gasteiger partial charge >= 0.3 is 11.9 Å². The van der Waals surface area contributed by atoms with Crippen molar-refractivity contribution in [3.63, 3.8) is 0 Å². The van der Waals surface area contributed by atoms with Crippen molar-refractivity contribution >= 4 is 11.9 Å². The molecule has 110 valence electrons. The second-order valence-corrected chi connectivity index (χ2v) is 4.36. The maximum absolute atomic E-state index is 11.7. The monoisotopic (exact) mass is 271 g/mol. The molecule has 0 atom stereocenters. The lowest BCUT2D eigenvalue weighted by molar-refractivity contribution is -0.161. The third kappa shape index (κ3) is 8.37. The molecule has 0 fully saturated rings. The average Bonchev–Trinajstić information content (AvgIpc) is 2.33. The summed E-state index contributed by atoms with van der Waals surface area (Å²) in [7, 11) is 3.99. The van der Waals surface area contributed by atoms with E-state index in [9.17, 15) is 9.59 Å². The van der Waals surface area contributed by atoms with Crippen LogP contribution in [0.5, 0.6) is 0 Å². The molecular formula is C14H25NO4. The molecular weight excluding hydrogens is 246 g/mol. The van der Waals surface area contributed by atoms with Gasteiger partial charge in [-0.2, -0.15) is 0 Å². The summed E-state index contributed by atoms with van der Waals surface area (Å²) in [5, 5.41) is 0. The first kappa shape index (κ1) is 17.6. The zero-order chi connectivity index (χ0) is 14.7. The Kier molecular flexibility index (Phi) is 9.80. The van der Waals surface area contributed by atoms with E-state index in [0.717, 1.165) is 13.0 Å². The highest BCUT2D eigenvalue weighted by molar-refractivity contribution is 5.95. The summed E-state index contributed by atoms with van der Waals surface area (Å²) in [5.41, 5.74) is 0. The van der Waals surface area contributed by atoms with Crippen LogP contribution in [0.3, 0.4) is 0 Å². The van der Waals surface area contributed by atoms with Gasteiger partial charge in [-0.05, 0) is 40.8 Å². The van der Waals surface area contributed by atoms with Gasteiger partial charge in [-0.25, -0.2) is 0 Å². The zero-order valence-corrected chi connectivity index (χ0v) is 12.3. The number of esters is 2. The number of nitrogens with zero attached hydrogens (tertiary/aromatic N) is 1. The van der Waals surface area contributed by atoms with Gasteiger partial charge in [-0.3, -0.25) is 9.59 Å². The highest BCUT2D eigenvalue weighted by Gasteiger charge is 2.27. The summed E-state index contributed by atoms with van der Waals surface area (Å²) >= 11 is 0. The normalized spacial score (nSPS) is 11.3. The fraction of sp³-hybridized carbons (Fsp3) is 0.714. The molecule has 0 saturated heterocycles. The molecule has 0 radical (unpaired) electrons. The molecule has 0 saturated carbocycles. The van der Waals surface area contributed by atoms with Crippen molar-refractivity contribution in [1.29, 1.82) is 0 Å². The number of hydrogen-bond acceptors (Lipinski definition) is 5. The maximum Gasteiger partial charge on any atom is 0.320 e. The fourth-order valence-corrected chi connectivity index (χ4v) is 1.46. The van der Waals surface area contributed by atoms with Crippen LogP contribution in [0, 0.1) is 5.92 Å². The lowest BCUT2D eigenvalue weighted by atomic mass is 10.1. The van der Waals surface area contributed by atoms with Crippen molar-refractivity contribution in [2.45, 2.75) is 26.7 Å². The summed E-state index contributed by atoms with van der Waals surface area (Å²) in [4.78, 5) is 25.4. The van der Waals surface area contributed by atoms with Crippen LogP contribution >= 0.6 is 0 Å². The molecule has 0 aliphatic carbocycles. The Bertz CT molecular complexity index is 282. The molecule has 0 bridgehead atoms. The molecule has 0 aliphatic rings. The van der Waals surface area contributed by atoms with Gasteiger partial charge in [0, 0.05) is 6.54 Å². The van der Waals surface area contributed by atoms with Crippen LogP contribution in [-0.4, -0.2) is 50.7 Å². The summed E-state index contributed by atoms with van der Waals surface area (Å²) < 4.78 is 9.77. The SMILES string of the molecule is CCOC(=O)C(C/C=C/CCN(C)C)C(=O)OCC. The Balaban J connectivity index is 4.34. The van der Waals surface area contributed by atoms with E-state index in [1.54, 1.807) is 13.8 Å². The molecule has 0 spiro atoms. The van der Waals surface area contributed by atoms with Crippen molar-refractivity contribution in [3.8, 4) is 0 Å². The number of ether oxygens (including phenoxy) is 2. The van der Waals surface area contributed by atoms with Crippen molar-refractivity contribution in [2.24, 2.45) is 5.92 Å². The first-order valence-corrected chi connectivity index (χ1v) is 6.65. The summed E-state index contributed by atoms with van der Waals surface area (Å²) in [6, 6.07) is 0. The van der Waals surface area contributed by atoms with Gasteiger partial charge < -0.3 is 14.4 Å². The molecule has 0 rings (SSSR count). The van der Waals surface area contributed by atoms with Gasteiger partial charge in [0.2, 0.25) is 0 Å². The van der Waals surface area contributed by atoms with E-state index in [4.69, 9.17) is 9.47 Å². The van der Waals surface area contributed by atoms with E-state index in [1.807, 2.05) is 26.2 Å². The number of rotatable bonds is 9. The molecule has 0 aromatic heterocycles. The van der Waals surface area contributed by atoms with Gasteiger partial charge in [0.25, 0.3) is 0 Å². The number of carbonyl (C=O) groups excluding carboxylic acids is 2. The van der Waals surface area contributed by atoms with E-state index in [1.165, 1.54) is 0 Å². The third-order valence-corrected chi connectivity index (χ3v) is 2.42. The summed E-state index contributed by atoms with van der Waals surface area (Å²) in [6.45, 7) is 4.89. The van der Waals surface area contributed by atoms with E-state index in [2.05, 4.69) is 4.90 Å². The highest BCUT2D eigenvalue weighted by Crippen LogP contribution is 2.10. The molecule has 0 aromatic carbocycles. The van der Waals surface area contributed by atoms with Gasteiger partial charge in [0.1, 0.15) is 0 Å². The highest BCUT2D eigenvalue weighted by atomic mass is 16.6. The smallest absolute Gasteiger partial charge is 0.320 e. The number of allylic oxidation sites excluding steroid dienone is 1. The van der Waals surface area contributed by atoms with Crippen molar-refractivity contribution < 1.29 is 19.1 Å². The number of carbonyl (C=O) groups is 2. The Morgan fingerprint density at radius 1 is 1.05 bits per heavy atom. The number of hydrogen-bond donors (Lipinski definition) is 0. The summed E-state index contributed by atoms with van der Waals surface area (Å²) in [6.07, 6.45) is 5.00. The standard InChI is InChI=1S/C14H25NO4/c1-5-18-13(16)12(14(17)19-6-2)10-8-7-9-11-15(3)4/h7-8,12H,5-6,9-11H2,1-4H3/b8-7+. The minimum absolute atomic E-state index is 0.263. The molecule has 0 amide bonds. The second-order valence-electron chi connectivity index (χ2n) is 4.36. The second kappa shape index (κ2) is 10.6. The van der Waals surface area contributed by atoms with Crippen LogP contribution in [-0.2, 0) is 19.1 Å². The van der Waals surface area contributed by atoms with Crippen LogP contribution in [0.4, 0.5) is 0 Å². The maximum atomic E-state index is 11.7.